The van der Waals surface area contributed by atoms with Crippen LogP contribution in [0.5, 0.6) is 0 Å². The molecular weight excluding hydrogens is 240 g/mol. The van der Waals surface area contributed by atoms with Gasteiger partial charge >= 0.3 is 0 Å². The van der Waals surface area contributed by atoms with Crippen molar-refractivity contribution in [2.75, 3.05) is 38.5 Å². The van der Waals surface area contributed by atoms with Gasteiger partial charge in [0.1, 0.15) is 0 Å². The third kappa shape index (κ3) is 5.42. The molecule has 1 aliphatic heterocycles. The maximum absolute atomic E-state index is 3.54. The SMILES string of the molecule is c1ccc(SCCNCCN2CCCCC2)cc1. The topological polar surface area (TPSA) is 15.3 Å². The normalized spacial score (nSPS) is 16.9. The number of benzene rings is 1. The molecule has 0 aromatic heterocycles. The first-order chi connectivity index (χ1) is 8.95. The number of rotatable bonds is 7. The Labute approximate surface area is 115 Å². The van der Waals surface area contributed by atoms with Crippen LogP contribution in [0.25, 0.3) is 0 Å². The molecule has 2 rings (SSSR count). The molecule has 0 radical (unpaired) electrons. The number of piperidine rings is 1. The summed E-state index contributed by atoms with van der Waals surface area (Å²) in [6.45, 7) is 6.07. The lowest BCUT2D eigenvalue weighted by Gasteiger charge is -2.26. The number of hydrogen-bond acceptors (Lipinski definition) is 3. The molecule has 1 heterocycles. The number of nitrogens with one attached hydrogen (secondary N) is 1. The van der Waals surface area contributed by atoms with Gasteiger partial charge in [-0.2, -0.15) is 0 Å². The van der Waals surface area contributed by atoms with Crippen LogP contribution in [-0.4, -0.2) is 43.4 Å². The summed E-state index contributed by atoms with van der Waals surface area (Å²) in [5.41, 5.74) is 0. The molecule has 1 fully saturated rings. The van der Waals surface area contributed by atoms with E-state index in [1.807, 2.05) is 11.8 Å². The molecule has 2 nitrogen and oxygen atoms in total. The summed E-state index contributed by atoms with van der Waals surface area (Å²) in [6.07, 6.45) is 4.21. The summed E-state index contributed by atoms with van der Waals surface area (Å²) in [6, 6.07) is 10.6. The zero-order valence-electron chi connectivity index (χ0n) is 11.1. The molecule has 0 unspecified atom stereocenters. The average Bonchev–Trinajstić information content (AvgIpc) is 2.45. The van der Waals surface area contributed by atoms with Gasteiger partial charge in [0.25, 0.3) is 0 Å². The second-order valence-corrected chi connectivity index (χ2v) is 5.98. The Balaban J connectivity index is 1.46. The summed E-state index contributed by atoms with van der Waals surface area (Å²) in [4.78, 5) is 3.95. The molecule has 3 heteroatoms. The van der Waals surface area contributed by atoms with Gasteiger partial charge in [0.05, 0.1) is 0 Å². The van der Waals surface area contributed by atoms with Crippen LogP contribution in [0.4, 0.5) is 0 Å². The Hall–Kier alpha value is -0.510. The minimum Gasteiger partial charge on any atom is -0.315 e. The quantitative estimate of drug-likeness (QED) is 0.602. The highest BCUT2D eigenvalue weighted by atomic mass is 32.2. The third-order valence-electron chi connectivity index (χ3n) is 3.34. The van der Waals surface area contributed by atoms with Crippen molar-refractivity contribution in [1.82, 2.24) is 10.2 Å². The Morgan fingerprint density at radius 1 is 1.00 bits per heavy atom. The van der Waals surface area contributed by atoms with Crippen molar-refractivity contribution in [3.8, 4) is 0 Å². The van der Waals surface area contributed by atoms with Gasteiger partial charge in [-0.15, -0.1) is 11.8 Å². The Bertz CT molecular complexity index is 310. The maximum atomic E-state index is 3.54. The zero-order valence-corrected chi connectivity index (χ0v) is 11.9. The molecule has 1 aromatic rings. The molecule has 0 amide bonds. The standard InChI is InChI=1S/C15H24N2S/c1-3-7-15(8-4-1)18-14-10-16-9-13-17-11-5-2-6-12-17/h1,3-4,7-8,16H,2,5-6,9-14H2. The van der Waals surface area contributed by atoms with Gasteiger partial charge < -0.3 is 10.2 Å². The van der Waals surface area contributed by atoms with Gasteiger partial charge in [0.2, 0.25) is 0 Å². The van der Waals surface area contributed by atoms with E-state index in [-0.39, 0.29) is 0 Å². The Kier molecular flexibility index (Phi) is 6.62. The molecule has 0 saturated carbocycles. The highest BCUT2D eigenvalue weighted by Crippen LogP contribution is 2.15. The van der Waals surface area contributed by atoms with Crippen LogP contribution in [-0.2, 0) is 0 Å². The van der Waals surface area contributed by atoms with E-state index in [9.17, 15) is 0 Å². The van der Waals surface area contributed by atoms with Crippen LogP contribution in [0.2, 0.25) is 0 Å². The van der Waals surface area contributed by atoms with Gasteiger partial charge in [-0.05, 0) is 38.1 Å². The number of nitrogens with zero attached hydrogens (tertiary/aromatic N) is 1. The summed E-state index contributed by atoms with van der Waals surface area (Å²) >= 11 is 1.93. The lowest BCUT2D eigenvalue weighted by atomic mass is 10.1. The minimum absolute atomic E-state index is 1.10. The minimum atomic E-state index is 1.10. The first-order valence-corrected chi connectivity index (χ1v) is 8.04. The van der Waals surface area contributed by atoms with E-state index in [1.165, 1.54) is 43.8 Å². The molecule has 0 atom stereocenters. The van der Waals surface area contributed by atoms with Crippen molar-refractivity contribution < 1.29 is 0 Å². The molecular formula is C15H24N2S. The van der Waals surface area contributed by atoms with Crippen LogP contribution < -0.4 is 5.32 Å². The lowest BCUT2D eigenvalue weighted by molar-refractivity contribution is 0.229. The predicted octanol–water partition coefficient (Wildman–Crippen LogP) is 2.85. The lowest BCUT2D eigenvalue weighted by Crippen LogP contribution is -2.36. The summed E-state index contributed by atoms with van der Waals surface area (Å²) in [5.74, 6) is 1.16. The second kappa shape index (κ2) is 8.57. The van der Waals surface area contributed by atoms with E-state index in [1.54, 1.807) is 0 Å². The first-order valence-electron chi connectivity index (χ1n) is 7.06. The summed E-state index contributed by atoms with van der Waals surface area (Å²) < 4.78 is 0. The second-order valence-electron chi connectivity index (χ2n) is 4.81. The van der Waals surface area contributed by atoms with Crippen molar-refractivity contribution in [3.63, 3.8) is 0 Å². The van der Waals surface area contributed by atoms with E-state index < -0.39 is 0 Å². The van der Waals surface area contributed by atoms with E-state index >= 15 is 0 Å². The van der Waals surface area contributed by atoms with Crippen molar-refractivity contribution in [3.05, 3.63) is 30.3 Å². The molecule has 1 saturated heterocycles. The molecule has 18 heavy (non-hydrogen) atoms. The Morgan fingerprint density at radius 2 is 1.78 bits per heavy atom. The van der Waals surface area contributed by atoms with Gasteiger partial charge in [-0.1, -0.05) is 24.6 Å². The predicted molar refractivity (Wildman–Crippen MR) is 80.3 cm³/mol. The van der Waals surface area contributed by atoms with Gasteiger partial charge in [0, 0.05) is 30.3 Å². The fraction of sp³-hybridized carbons (Fsp3) is 0.600. The number of likely N-dealkylation sites (tertiary alicyclic amines) is 1. The summed E-state index contributed by atoms with van der Waals surface area (Å²) in [7, 11) is 0. The molecule has 1 aromatic carbocycles. The zero-order chi connectivity index (χ0) is 12.5. The van der Waals surface area contributed by atoms with Crippen LogP contribution in [0.1, 0.15) is 19.3 Å². The van der Waals surface area contributed by atoms with Crippen LogP contribution >= 0.6 is 11.8 Å². The van der Waals surface area contributed by atoms with Gasteiger partial charge in [-0.3, -0.25) is 0 Å². The van der Waals surface area contributed by atoms with Crippen molar-refractivity contribution >= 4 is 11.8 Å². The van der Waals surface area contributed by atoms with Crippen LogP contribution in [0.15, 0.2) is 35.2 Å². The van der Waals surface area contributed by atoms with Crippen LogP contribution in [0, 0.1) is 0 Å². The van der Waals surface area contributed by atoms with Crippen LogP contribution in [0.3, 0.4) is 0 Å². The average molecular weight is 264 g/mol. The summed E-state index contributed by atoms with van der Waals surface area (Å²) in [5, 5.41) is 3.54. The van der Waals surface area contributed by atoms with Crippen molar-refractivity contribution in [2.45, 2.75) is 24.2 Å². The Morgan fingerprint density at radius 3 is 2.56 bits per heavy atom. The first kappa shape index (κ1) is 13.9. The van der Waals surface area contributed by atoms with Gasteiger partial charge in [-0.25, -0.2) is 0 Å². The molecule has 1 N–H and O–H groups in total. The fourth-order valence-electron chi connectivity index (χ4n) is 2.30. The maximum Gasteiger partial charge on any atom is 0.0107 e. The number of hydrogen-bond donors (Lipinski definition) is 1. The van der Waals surface area contributed by atoms with E-state index in [0.717, 1.165) is 18.8 Å². The highest BCUT2D eigenvalue weighted by molar-refractivity contribution is 7.99. The molecule has 0 bridgehead atoms. The van der Waals surface area contributed by atoms with Crippen molar-refractivity contribution in [2.24, 2.45) is 0 Å². The molecule has 100 valence electrons. The van der Waals surface area contributed by atoms with Gasteiger partial charge in [0.15, 0.2) is 0 Å². The van der Waals surface area contributed by atoms with E-state index in [0.29, 0.717) is 0 Å². The van der Waals surface area contributed by atoms with Crippen molar-refractivity contribution in [1.29, 1.82) is 0 Å². The number of thioether (sulfide) groups is 1. The molecule has 1 aliphatic rings. The molecule has 0 spiro atoms. The third-order valence-corrected chi connectivity index (χ3v) is 4.36. The fourth-order valence-corrected chi connectivity index (χ4v) is 3.13. The highest BCUT2D eigenvalue weighted by Gasteiger charge is 2.08. The smallest absolute Gasteiger partial charge is 0.0107 e. The van der Waals surface area contributed by atoms with E-state index in [4.69, 9.17) is 0 Å². The molecule has 0 aliphatic carbocycles. The monoisotopic (exact) mass is 264 g/mol. The van der Waals surface area contributed by atoms with E-state index in [2.05, 4.69) is 40.5 Å². The largest absolute Gasteiger partial charge is 0.315 e.